The number of nitrogens with zero attached hydrogens (tertiary/aromatic N) is 3. The van der Waals surface area contributed by atoms with E-state index < -0.39 is 10.0 Å². The summed E-state index contributed by atoms with van der Waals surface area (Å²) in [5.74, 6) is 1.39. The molecule has 0 unspecified atom stereocenters. The van der Waals surface area contributed by atoms with E-state index in [1.54, 1.807) is 25.4 Å². The molecule has 0 amide bonds. The minimum absolute atomic E-state index is 0.256. The summed E-state index contributed by atoms with van der Waals surface area (Å²) in [4.78, 5) is 9.06. The average molecular weight is 422 g/mol. The van der Waals surface area contributed by atoms with Crippen LogP contribution in [0.1, 0.15) is 11.3 Å². The van der Waals surface area contributed by atoms with E-state index in [4.69, 9.17) is 16.3 Å². The molecule has 1 aromatic carbocycles. The Morgan fingerprint density at radius 2 is 1.96 bits per heavy atom. The van der Waals surface area contributed by atoms with Gasteiger partial charge in [-0.05, 0) is 36.4 Å². The second kappa shape index (κ2) is 7.20. The van der Waals surface area contributed by atoms with Crippen LogP contribution >= 0.6 is 22.9 Å². The minimum Gasteiger partial charge on any atom is -0.497 e. The van der Waals surface area contributed by atoms with Crippen molar-refractivity contribution in [3.05, 3.63) is 58.2 Å². The molecule has 0 fully saturated rings. The monoisotopic (exact) mass is 421 g/mol. The van der Waals surface area contributed by atoms with E-state index in [2.05, 4.69) is 9.97 Å². The van der Waals surface area contributed by atoms with Gasteiger partial charge in [-0.2, -0.15) is 4.31 Å². The lowest BCUT2D eigenvalue weighted by Gasteiger charge is -2.26. The lowest BCUT2D eigenvalue weighted by molar-refractivity contribution is 0.388. The first kappa shape index (κ1) is 18.4. The van der Waals surface area contributed by atoms with Crippen molar-refractivity contribution >= 4 is 33.0 Å². The number of sulfonamides is 1. The third kappa shape index (κ3) is 3.58. The second-order valence-corrected chi connectivity index (χ2v) is 9.92. The summed E-state index contributed by atoms with van der Waals surface area (Å²) < 4.78 is 32.9. The van der Waals surface area contributed by atoms with Gasteiger partial charge in [-0.3, -0.25) is 0 Å². The summed E-state index contributed by atoms with van der Waals surface area (Å²) in [5.41, 5.74) is 2.60. The summed E-state index contributed by atoms with van der Waals surface area (Å²) in [7, 11) is -1.94. The number of ether oxygens (including phenoxy) is 1. The Morgan fingerprint density at radius 3 is 2.63 bits per heavy atom. The van der Waals surface area contributed by atoms with Crippen LogP contribution in [0.15, 0.2) is 46.8 Å². The van der Waals surface area contributed by atoms with E-state index in [-0.39, 0.29) is 10.8 Å². The average Bonchev–Trinajstić information content (AvgIpc) is 3.14. The van der Waals surface area contributed by atoms with E-state index in [1.807, 2.05) is 24.3 Å². The standard InChI is InChI=1S/C18H16ClN3O3S2/c1-25-14-4-2-12(3-5-14)18-20-10-13-11-22(9-8-15(13)21-18)27(23,24)17-7-6-16(19)26-17/h2-7,10H,8-9,11H2,1H3. The molecule has 1 aliphatic rings. The van der Waals surface area contributed by atoms with Gasteiger partial charge in [0.2, 0.25) is 0 Å². The van der Waals surface area contributed by atoms with E-state index in [0.717, 1.165) is 33.9 Å². The number of halogens is 1. The highest BCUT2D eigenvalue weighted by molar-refractivity contribution is 7.91. The van der Waals surface area contributed by atoms with Gasteiger partial charge >= 0.3 is 0 Å². The van der Waals surface area contributed by atoms with E-state index in [9.17, 15) is 8.42 Å². The van der Waals surface area contributed by atoms with Crippen LogP contribution in [-0.2, 0) is 23.0 Å². The first-order chi connectivity index (χ1) is 13.0. The van der Waals surface area contributed by atoms with Gasteiger partial charge in [-0.15, -0.1) is 11.3 Å². The molecule has 0 spiro atoms. The molecule has 1 aliphatic heterocycles. The first-order valence-corrected chi connectivity index (χ1v) is 10.9. The zero-order valence-electron chi connectivity index (χ0n) is 14.4. The third-order valence-electron chi connectivity index (χ3n) is 4.39. The molecule has 9 heteroatoms. The Kier molecular flexibility index (Phi) is 4.90. The maximum absolute atomic E-state index is 12.8. The van der Waals surface area contributed by atoms with Crippen molar-refractivity contribution < 1.29 is 13.2 Å². The summed E-state index contributed by atoms with van der Waals surface area (Å²) in [6.45, 7) is 0.639. The van der Waals surface area contributed by atoms with Crippen LogP contribution in [0.25, 0.3) is 11.4 Å². The molecule has 27 heavy (non-hydrogen) atoms. The van der Waals surface area contributed by atoms with Gasteiger partial charge in [0.05, 0.1) is 17.1 Å². The van der Waals surface area contributed by atoms with Crippen LogP contribution in [0, 0.1) is 0 Å². The van der Waals surface area contributed by atoms with Crippen LogP contribution < -0.4 is 4.74 Å². The second-order valence-electron chi connectivity index (χ2n) is 6.04. The fourth-order valence-corrected chi connectivity index (χ4v) is 5.99. The Morgan fingerprint density at radius 1 is 1.19 bits per heavy atom. The SMILES string of the molecule is COc1ccc(-c2ncc3c(n2)CCN(S(=O)(=O)c2ccc(Cl)s2)C3)cc1. The number of hydrogen-bond acceptors (Lipinski definition) is 6. The highest BCUT2D eigenvalue weighted by Crippen LogP contribution is 2.31. The normalized spacial score (nSPS) is 14.7. The number of thiophene rings is 1. The summed E-state index contributed by atoms with van der Waals surface area (Å²) in [6, 6.07) is 10.7. The van der Waals surface area contributed by atoms with Gasteiger partial charge in [0, 0.05) is 36.8 Å². The lowest BCUT2D eigenvalue weighted by Crippen LogP contribution is -2.36. The molecule has 140 valence electrons. The molecule has 0 atom stereocenters. The Balaban J connectivity index is 1.59. The van der Waals surface area contributed by atoms with Gasteiger partial charge in [0.15, 0.2) is 5.82 Å². The van der Waals surface area contributed by atoms with Crippen molar-refractivity contribution in [2.75, 3.05) is 13.7 Å². The zero-order chi connectivity index (χ0) is 19.0. The summed E-state index contributed by atoms with van der Waals surface area (Å²) >= 11 is 6.96. The topological polar surface area (TPSA) is 72.4 Å². The number of aromatic nitrogens is 2. The fraction of sp³-hybridized carbons (Fsp3) is 0.222. The van der Waals surface area contributed by atoms with Gasteiger partial charge < -0.3 is 4.74 Å². The van der Waals surface area contributed by atoms with E-state index in [0.29, 0.717) is 23.1 Å². The smallest absolute Gasteiger partial charge is 0.252 e. The minimum atomic E-state index is -3.56. The molecule has 3 heterocycles. The Bertz CT molecular complexity index is 1080. The van der Waals surface area contributed by atoms with Gasteiger partial charge in [0.1, 0.15) is 9.96 Å². The molecular formula is C18H16ClN3O3S2. The molecule has 0 radical (unpaired) electrons. The van der Waals surface area contributed by atoms with Crippen LogP contribution in [0.4, 0.5) is 0 Å². The molecule has 4 rings (SSSR count). The number of hydrogen-bond donors (Lipinski definition) is 0. The van der Waals surface area contributed by atoms with Crippen LogP contribution in [0.3, 0.4) is 0 Å². The number of methoxy groups -OCH3 is 1. The van der Waals surface area contributed by atoms with Gasteiger partial charge in [-0.25, -0.2) is 18.4 Å². The highest BCUT2D eigenvalue weighted by atomic mass is 35.5. The molecule has 0 N–H and O–H groups in total. The van der Waals surface area contributed by atoms with E-state index >= 15 is 0 Å². The number of rotatable bonds is 4. The quantitative estimate of drug-likeness (QED) is 0.643. The molecule has 0 saturated carbocycles. The molecule has 3 aromatic rings. The third-order valence-corrected chi connectivity index (χ3v) is 7.93. The van der Waals surface area contributed by atoms with Crippen molar-refractivity contribution in [1.82, 2.24) is 14.3 Å². The van der Waals surface area contributed by atoms with Crippen molar-refractivity contribution in [2.45, 2.75) is 17.2 Å². The summed E-state index contributed by atoms with van der Waals surface area (Å²) in [5, 5.41) is 0. The largest absolute Gasteiger partial charge is 0.497 e. The molecule has 0 aliphatic carbocycles. The maximum Gasteiger partial charge on any atom is 0.252 e. The van der Waals surface area contributed by atoms with Crippen molar-refractivity contribution in [1.29, 1.82) is 0 Å². The van der Waals surface area contributed by atoms with E-state index in [1.165, 1.54) is 4.31 Å². The first-order valence-electron chi connectivity index (χ1n) is 8.22. The van der Waals surface area contributed by atoms with Crippen molar-refractivity contribution in [2.24, 2.45) is 0 Å². The fourth-order valence-electron chi connectivity index (χ4n) is 2.94. The van der Waals surface area contributed by atoms with Crippen LogP contribution in [0.5, 0.6) is 5.75 Å². The molecule has 0 saturated heterocycles. The van der Waals surface area contributed by atoms with Crippen molar-refractivity contribution in [3.63, 3.8) is 0 Å². The summed E-state index contributed by atoms with van der Waals surface area (Å²) in [6.07, 6.45) is 2.25. The number of benzene rings is 1. The number of fused-ring (bicyclic) bond motifs is 1. The predicted molar refractivity (Wildman–Crippen MR) is 105 cm³/mol. The Hall–Kier alpha value is -2.00. The predicted octanol–water partition coefficient (Wildman–Crippen LogP) is 3.61. The van der Waals surface area contributed by atoms with Crippen LogP contribution in [0.2, 0.25) is 4.34 Å². The zero-order valence-corrected chi connectivity index (χ0v) is 16.8. The van der Waals surface area contributed by atoms with Crippen molar-refractivity contribution in [3.8, 4) is 17.1 Å². The Labute approximate surface area is 166 Å². The van der Waals surface area contributed by atoms with Gasteiger partial charge in [0.25, 0.3) is 10.0 Å². The van der Waals surface area contributed by atoms with Crippen LogP contribution in [-0.4, -0.2) is 36.3 Å². The molecule has 6 nitrogen and oxygen atoms in total. The highest BCUT2D eigenvalue weighted by Gasteiger charge is 2.30. The molecule has 2 aromatic heterocycles. The molecular weight excluding hydrogens is 406 g/mol. The maximum atomic E-state index is 12.8. The molecule has 0 bridgehead atoms. The lowest BCUT2D eigenvalue weighted by atomic mass is 10.1. The van der Waals surface area contributed by atoms with Gasteiger partial charge in [-0.1, -0.05) is 11.6 Å².